The van der Waals surface area contributed by atoms with Gasteiger partial charge in [0.25, 0.3) is 0 Å². The topological polar surface area (TPSA) is 17.3 Å². The van der Waals surface area contributed by atoms with Crippen LogP contribution in [0.3, 0.4) is 0 Å². The lowest BCUT2D eigenvalue weighted by Gasteiger charge is -2.24. The summed E-state index contributed by atoms with van der Waals surface area (Å²) < 4.78 is 15.5. The van der Waals surface area contributed by atoms with Gasteiger partial charge in [-0.15, -0.1) is 11.3 Å². The molecule has 3 rings (SSSR count). The molecule has 0 spiro atoms. The van der Waals surface area contributed by atoms with Gasteiger partial charge in [0, 0.05) is 10.9 Å². The molecular formula is C20H21FN2S. The summed E-state index contributed by atoms with van der Waals surface area (Å²) in [6.07, 6.45) is 0. The summed E-state index contributed by atoms with van der Waals surface area (Å²) in [6.45, 7) is 8.53. The zero-order chi connectivity index (χ0) is 17.3. The minimum Gasteiger partial charge on any atom is -0.311 e. The first-order chi connectivity index (χ1) is 11.3. The smallest absolute Gasteiger partial charge is 0.190 e. The lowest BCUT2D eigenvalue weighted by atomic mass is 10.1. The van der Waals surface area contributed by atoms with Gasteiger partial charge in [-0.25, -0.2) is 9.38 Å². The number of aromatic nitrogens is 1. The summed E-state index contributed by atoms with van der Waals surface area (Å²) >= 11 is 1.60. The van der Waals surface area contributed by atoms with E-state index in [0.717, 1.165) is 21.7 Å². The molecule has 1 aromatic heterocycles. The van der Waals surface area contributed by atoms with Crippen LogP contribution in [0.15, 0.2) is 58.9 Å². The molecule has 0 aliphatic rings. The molecule has 0 unspecified atom stereocenters. The maximum absolute atomic E-state index is 13.2. The summed E-state index contributed by atoms with van der Waals surface area (Å²) in [6, 6.07) is 14.8. The molecule has 0 fully saturated rings. The third-order valence-electron chi connectivity index (χ3n) is 3.78. The molecule has 0 atom stereocenters. The fourth-order valence-corrected chi connectivity index (χ4v) is 3.68. The Hall–Kier alpha value is -2.20. The van der Waals surface area contributed by atoms with Crippen LogP contribution >= 0.6 is 11.3 Å². The summed E-state index contributed by atoms with van der Waals surface area (Å²) in [5.41, 5.74) is 4.07. The molecular weight excluding hydrogens is 319 g/mol. The summed E-state index contributed by atoms with van der Waals surface area (Å²) in [5.74, 6) is -0.221. The van der Waals surface area contributed by atoms with Crippen LogP contribution in [-0.2, 0) is 5.54 Å². The predicted molar refractivity (Wildman–Crippen MR) is 99.1 cm³/mol. The van der Waals surface area contributed by atoms with Crippen molar-refractivity contribution in [3.8, 4) is 11.3 Å². The zero-order valence-electron chi connectivity index (χ0n) is 14.4. The van der Waals surface area contributed by atoms with Crippen molar-refractivity contribution < 1.29 is 4.39 Å². The predicted octanol–water partition coefficient (Wildman–Crippen LogP) is 5.65. The molecule has 0 saturated carbocycles. The van der Waals surface area contributed by atoms with Gasteiger partial charge in [-0.1, -0.05) is 17.7 Å². The first kappa shape index (κ1) is 16.7. The van der Waals surface area contributed by atoms with Gasteiger partial charge in [0.1, 0.15) is 5.82 Å². The Kier molecular flexibility index (Phi) is 4.41. The molecule has 2 aromatic carbocycles. The Bertz CT molecular complexity index is 895. The molecule has 0 bridgehead atoms. The Morgan fingerprint density at radius 3 is 2.17 bits per heavy atom. The molecule has 1 heterocycles. The minimum absolute atomic E-state index is 0.132. The van der Waals surface area contributed by atoms with Crippen molar-refractivity contribution >= 4 is 17.0 Å². The molecule has 0 aliphatic carbocycles. The van der Waals surface area contributed by atoms with Gasteiger partial charge in [0.2, 0.25) is 0 Å². The molecule has 0 radical (unpaired) electrons. The number of benzene rings is 2. The summed E-state index contributed by atoms with van der Waals surface area (Å²) in [5, 5.41) is 2.09. The minimum atomic E-state index is -0.221. The third-order valence-corrected chi connectivity index (χ3v) is 4.60. The fraction of sp³-hybridized carbons (Fsp3) is 0.250. The number of hydrogen-bond acceptors (Lipinski definition) is 2. The molecule has 0 saturated heterocycles. The van der Waals surface area contributed by atoms with E-state index in [1.165, 1.54) is 17.7 Å². The standard InChI is InChI=1S/C20H21FN2S/c1-14-5-11-17(12-6-14)22-19-23(20(2,3)4)18(13-24-19)15-7-9-16(21)10-8-15/h5-13H,1-4H3. The van der Waals surface area contributed by atoms with E-state index in [1.54, 1.807) is 11.3 Å². The highest BCUT2D eigenvalue weighted by molar-refractivity contribution is 7.07. The van der Waals surface area contributed by atoms with Gasteiger partial charge < -0.3 is 4.57 Å². The van der Waals surface area contributed by atoms with E-state index in [2.05, 4.69) is 49.8 Å². The number of aryl methyl sites for hydroxylation is 1. The van der Waals surface area contributed by atoms with Crippen LogP contribution in [0.25, 0.3) is 11.3 Å². The van der Waals surface area contributed by atoms with Crippen LogP contribution in [0.5, 0.6) is 0 Å². The Balaban J connectivity index is 2.18. The first-order valence-electron chi connectivity index (χ1n) is 7.93. The molecule has 124 valence electrons. The van der Waals surface area contributed by atoms with Crippen LogP contribution in [0.2, 0.25) is 0 Å². The molecule has 2 nitrogen and oxygen atoms in total. The largest absolute Gasteiger partial charge is 0.311 e. The van der Waals surface area contributed by atoms with Gasteiger partial charge in [-0.2, -0.15) is 0 Å². The van der Waals surface area contributed by atoms with E-state index in [0.29, 0.717) is 0 Å². The van der Waals surface area contributed by atoms with Gasteiger partial charge in [0.15, 0.2) is 4.80 Å². The van der Waals surface area contributed by atoms with Crippen LogP contribution in [0.1, 0.15) is 26.3 Å². The van der Waals surface area contributed by atoms with Crippen molar-refractivity contribution in [2.45, 2.75) is 33.2 Å². The van der Waals surface area contributed by atoms with E-state index in [9.17, 15) is 4.39 Å². The molecule has 24 heavy (non-hydrogen) atoms. The van der Waals surface area contributed by atoms with E-state index in [4.69, 9.17) is 4.99 Å². The van der Waals surface area contributed by atoms with E-state index in [-0.39, 0.29) is 11.4 Å². The lowest BCUT2D eigenvalue weighted by molar-refractivity contribution is 0.392. The summed E-state index contributed by atoms with van der Waals surface area (Å²) in [7, 11) is 0. The fourth-order valence-electron chi connectivity index (χ4n) is 2.59. The average Bonchev–Trinajstić information content (AvgIpc) is 2.94. The van der Waals surface area contributed by atoms with Gasteiger partial charge in [-0.3, -0.25) is 0 Å². The van der Waals surface area contributed by atoms with Crippen LogP contribution in [0, 0.1) is 12.7 Å². The first-order valence-corrected chi connectivity index (χ1v) is 8.81. The van der Waals surface area contributed by atoms with Crippen molar-refractivity contribution in [1.82, 2.24) is 4.57 Å². The third kappa shape index (κ3) is 3.49. The van der Waals surface area contributed by atoms with E-state index < -0.39 is 0 Å². The number of hydrogen-bond donors (Lipinski definition) is 0. The van der Waals surface area contributed by atoms with Crippen LogP contribution in [-0.4, -0.2) is 4.57 Å². The van der Waals surface area contributed by atoms with Crippen LogP contribution < -0.4 is 4.80 Å². The molecule has 0 aliphatic heterocycles. The highest BCUT2D eigenvalue weighted by Crippen LogP contribution is 2.26. The second-order valence-electron chi connectivity index (χ2n) is 6.86. The van der Waals surface area contributed by atoms with Gasteiger partial charge in [0.05, 0.1) is 11.4 Å². The molecule has 3 aromatic rings. The summed E-state index contributed by atoms with van der Waals surface area (Å²) in [4.78, 5) is 5.76. The van der Waals surface area contributed by atoms with Crippen LogP contribution in [0.4, 0.5) is 10.1 Å². The second kappa shape index (κ2) is 6.36. The maximum Gasteiger partial charge on any atom is 0.190 e. The Morgan fingerprint density at radius 1 is 0.958 bits per heavy atom. The average molecular weight is 340 g/mol. The van der Waals surface area contributed by atoms with Crippen molar-refractivity contribution in [2.24, 2.45) is 4.99 Å². The van der Waals surface area contributed by atoms with Crippen molar-refractivity contribution in [2.75, 3.05) is 0 Å². The quantitative estimate of drug-likeness (QED) is 0.573. The molecule has 0 N–H and O–H groups in total. The zero-order valence-corrected chi connectivity index (χ0v) is 15.2. The van der Waals surface area contributed by atoms with E-state index >= 15 is 0 Å². The maximum atomic E-state index is 13.2. The van der Waals surface area contributed by atoms with Gasteiger partial charge >= 0.3 is 0 Å². The monoisotopic (exact) mass is 340 g/mol. The normalized spacial score (nSPS) is 12.6. The number of halogens is 1. The van der Waals surface area contributed by atoms with E-state index in [1.807, 2.05) is 24.3 Å². The number of thiazole rings is 1. The Morgan fingerprint density at radius 2 is 1.58 bits per heavy atom. The van der Waals surface area contributed by atoms with Crippen molar-refractivity contribution in [1.29, 1.82) is 0 Å². The number of rotatable bonds is 2. The lowest BCUT2D eigenvalue weighted by Crippen LogP contribution is -2.31. The number of nitrogens with zero attached hydrogens (tertiary/aromatic N) is 2. The molecule has 0 amide bonds. The second-order valence-corrected chi connectivity index (χ2v) is 7.70. The SMILES string of the molecule is Cc1ccc(N=c2scc(-c3ccc(F)cc3)n2C(C)(C)C)cc1. The van der Waals surface area contributed by atoms with Crippen molar-refractivity contribution in [3.63, 3.8) is 0 Å². The van der Waals surface area contributed by atoms with Crippen molar-refractivity contribution in [3.05, 3.63) is 70.1 Å². The highest BCUT2D eigenvalue weighted by atomic mass is 32.1. The molecule has 4 heteroatoms. The Labute approximate surface area is 146 Å². The van der Waals surface area contributed by atoms with Gasteiger partial charge in [-0.05, 0) is 69.7 Å². The highest BCUT2D eigenvalue weighted by Gasteiger charge is 2.20.